The molecule has 0 heterocycles. The second kappa shape index (κ2) is 17.4. The predicted molar refractivity (Wildman–Crippen MR) is 300 cm³/mol. The van der Waals surface area contributed by atoms with Gasteiger partial charge in [-0.15, -0.1) is 0 Å². The van der Waals surface area contributed by atoms with Crippen molar-refractivity contribution in [2.45, 2.75) is 0 Å². The number of para-hydroxylation sites is 2. The quantitative estimate of drug-likeness (QED) is 0.133. The first-order valence-electron chi connectivity index (χ1n) is 24.1. The van der Waals surface area contributed by atoms with Crippen LogP contribution in [0.15, 0.2) is 279 Å². The number of rotatable bonds is 9. The molecule has 0 N–H and O–H groups in total. The van der Waals surface area contributed by atoms with Crippen LogP contribution in [0.3, 0.4) is 0 Å². The summed E-state index contributed by atoms with van der Waals surface area (Å²) in [5.74, 6) is 0. The van der Waals surface area contributed by atoms with Crippen molar-refractivity contribution in [3.05, 3.63) is 279 Å². The molecule has 0 bridgehead atoms. The van der Waals surface area contributed by atoms with Gasteiger partial charge in [-0.1, -0.05) is 212 Å². The van der Waals surface area contributed by atoms with Crippen molar-refractivity contribution in [2.75, 3.05) is 9.80 Å². The first kappa shape index (κ1) is 41.0. The van der Waals surface area contributed by atoms with E-state index in [1.54, 1.807) is 0 Å². The molecule has 0 radical (unpaired) electrons. The van der Waals surface area contributed by atoms with Crippen molar-refractivity contribution in [1.29, 1.82) is 0 Å². The molecule has 0 saturated carbocycles. The molecule has 328 valence electrons. The predicted octanol–water partition coefficient (Wildman–Crippen LogP) is 19.4. The summed E-state index contributed by atoms with van der Waals surface area (Å²) in [5, 5.41) is 12.3. The summed E-state index contributed by atoms with van der Waals surface area (Å²) >= 11 is 0. The Labute approximate surface area is 408 Å². The third-order valence-corrected chi connectivity index (χ3v) is 14.0. The third-order valence-electron chi connectivity index (χ3n) is 14.0. The summed E-state index contributed by atoms with van der Waals surface area (Å²) in [6.07, 6.45) is 0. The van der Waals surface area contributed by atoms with Gasteiger partial charge in [0.25, 0.3) is 0 Å². The highest BCUT2D eigenvalue weighted by molar-refractivity contribution is 6.33. The molecule has 2 heteroatoms. The minimum Gasteiger partial charge on any atom is -0.310 e. The Bertz CT molecular complexity index is 4020. The lowest BCUT2D eigenvalue weighted by Gasteiger charge is -2.27. The standard InChI is InChI=1S/C68H46N2/c1-4-20-49(21-5-1)62-46-63(50-38-42-54(43-39-50)69(52-26-6-2-7-27-52)64-36-18-24-47-22-10-12-30-56(47)64)67-60-34-16-14-32-58(60)59-33-15-17-35-61(59)68(67)66(62)51-40-44-55(45-41-51)70(53-28-8-3-9-29-53)65-37-19-25-48-23-11-13-31-57(48)65/h1-46H. The van der Waals surface area contributed by atoms with Crippen molar-refractivity contribution in [3.63, 3.8) is 0 Å². The molecule has 0 aliphatic heterocycles. The molecule has 0 spiro atoms. The van der Waals surface area contributed by atoms with Gasteiger partial charge in [0, 0.05) is 33.5 Å². The number of nitrogens with zero attached hydrogens (tertiary/aromatic N) is 2. The summed E-state index contributed by atoms with van der Waals surface area (Å²) in [6, 6.07) is 102. The maximum Gasteiger partial charge on any atom is 0.0540 e. The van der Waals surface area contributed by atoms with E-state index < -0.39 is 0 Å². The lowest BCUT2D eigenvalue weighted by Crippen LogP contribution is -2.10. The molecule has 13 rings (SSSR count). The molecule has 70 heavy (non-hydrogen) atoms. The van der Waals surface area contributed by atoms with Crippen LogP contribution in [-0.4, -0.2) is 0 Å². The normalized spacial score (nSPS) is 11.4. The zero-order valence-corrected chi connectivity index (χ0v) is 38.5. The van der Waals surface area contributed by atoms with Gasteiger partial charge in [-0.25, -0.2) is 0 Å². The van der Waals surface area contributed by atoms with Crippen LogP contribution in [0.4, 0.5) is 34.1 Å². The van der Waals surface area contributed by atoms with E-state index >= 15 is 0 Å². The third kappa shape index (κ3) is 7.05. The molecule has 0 amide bonds. The SMILES string of the molecule is c1ccc(-c2cc(-c3ccc(N(c4ccccc4)c4cccc5ccccc45)cc3)c3c4ccccc4c4ccccc4c3c2-c2ccc(N(c3ccccc3)c3cccc4ccccc34)cc2)cc1. The first-order valence-corrected chi connectivity index (χ1v) is 24.1. The van der Waals surface area contributed by atoms with Gasteiger partial charge in [-0.2, -0.15) is 0 Å². The van der Waals surface area contributed by atoms with Gasteiger partial charge >= 0.3 is 0 Å². The van der Waals surface area contributed by atoms with Crippen LogP contribution in [0, 0.1) is 0 Å². The Kier molecular flexibility index (Phi) is 10.2. The van der Waals surface area contributed by atoms with E-state index in [4.69, 9.17) is 0 Å². The van der Waals surface area contributed by atoms with Crippen LogP contribution in [0.25, 0.3) is 87.2 Å². The van der Waals surface area contributed by atoms with Gasteiger partial charge in [0.15, 0.2) is 0 Å². The molecule has 0 aliphatic carbocycles. The van der Waals surface area contributed by atoms with Crippen molar-refractivity contribution in [1.82, 2.24) is 0 Å². The summed E-state index contributed by atoms with van der Waals surface area (Å²) in [6.45, 7) is 0. The highest BCUT2D eigenvalue weighted by Crippen LogP contribution is 2.50. The van der Waals surface area contributed by atoms with Crippen LogP contribution in [0.1, 0.15) is 0 Å². The fourth-order valence-corrected chi connectivity index (χ4v) is 10.9. The zero-order chi connectivity index (χ0) is 46.4. The van der Waals surface area contributed by atoms with Crippen molar-refractivity contribution in [3.8, 4) is 33.4 Å². The zero-order valence-electron chi connectivity index (χ0n) is 38.5. The van der Waals surface area contributed by atoms with Crippen molar-refractivity contribution >= 4 is 88.0 Å². The molecule has 0 fully saturated rings. The Morgan fingerprint density at radius 3 is 1.07 bits per heavy atom. The van der Waals surface area contributed by atoms with Crippen LogP contribution in [0.5, 0.6) is 0 Å². The first-order chi connectivity index (χ1) is 34.8. The number of benzene rings is 13. The van der Waals surface area contributed by atoms with E-state index in [-0.39, 0.29) is 0 Å². The lowest BCUT2D eigenvalue weighted by atomic mass is 9.81. The molecule has 0 aliphatic rings. The van der Waals surface area contributed by atoms with E-state index in [1.165, 1.54) is 76.1 Å². The fraction of sp³-hybridized carbons (Fsp3) is 0. The lowest BCUT2D eigenvalue weighted by molar-refractivity contribution is 1.30. The largest absolute Gasteiger partial charge is 0.310 e. The number of fused-ring (bicyclic) bond motifs is 8. The minimum atomic E-state index is 1.09. The van der Waals surface area contributed by atoms with Crippen LogP contribution >= 0.6 is 0 Å². The van der Waals surface area contributed by atoms with E-state index in [0.717, 1.165) is 45.3 Å². The van der Waals surface area contributed by atoms with Crippen LogP contribution < -0.4 is 9.80 Å². The van der Waals surface area contributed by atoms with Gasteiger partial charge in [0.2, 0.25) is 0 Å². The molecule has 0 unspecified atom stereocenters. The molecule has 0 saturated heterocycles. The Hall–Kier alpha value is -9.24. The molecule has 2 nitrogen and oxygen atoms in total. The van der Waals surface area contributed by atoms with E-state index in [1.807, 2.05) is 0 Å². The number of anilines is 6. The highest BCUT2D eigenvalue weighted by atomic mass is 15.1. The average molecular weight is 891 g/mol. The van der Waals surface area contributed by atoms with Crippen LogP contribution in [0.2, 0.25) is 0 Å². The maximum atomic E-state index is 2.46. The molecule has 0 atom stereocenters. The summed E-state index contributed by atoms with van der Waals surface area (Å²) in [7, 11) is 0. The molecule has 13 aromatic rings. The second-order valence-electron chi connectivity index (χ2n) is 18.0. The van der Waals surface area contributed by atoms with E-state index in [2.05, 4.69) is 289 Å². The minimum absolute atomic E-state index is 1.09. The van der Waals surface area contributed by atoms with Gasteiger partial charge < -0.3 is 9.80 Å². The highest BCUT2D eigenvalue weighted by Gasteiger charge is 2.23. The Morgan fingerprint density at radius 1 is 0.214 bits per heavy atom. The molecular formula is C68H46N2. The van der Waals surface area contributed by atoms with Gasteiger partial charge in [0.05, 0.1) is 11.4 Å². The molecular weight excluding hydrogens is 845 g/mol. The monoisotopic (exact) mass is 890 g/mol. The average Bonchev–Trinajstić information content (AvgIpc) is 3.44. The summed E-state index contributed by atoms with van der Waals surface area (Å²) in [5.41, 5.74) is 13.8. The van der Waals surface area contributed by atoms with Gasteiger partial charge in [-0.3, -0.25) is 0 Å². The number of hydrogen-bond acceptors (Lipinski definition) is 2. The Balaban J connectivity index is 1.05. The summed E-state index contributed by atoms with van der Waals surface area (Å²) < 4.78 is 0. The van der Waals surface area contributed by atoms with E-state index in [9.17, 15) is 0 Å². The summed E-state index contributed by atoms with van der Waals surface area (Å²) in [4.78, 5) is 4.77. The van der Waals surface area contributed by atoms with Gasteiger partial charge in [0.1, 0.15) is 0 Å². The maximum absolute atomic E-state index is 2.46. The molecule has 0 aromatic heterocycles. The fourth-order valence-electron chi connectivity index (χ4n) is 10.9. The van der Waals surface area contributed by atoms with Crippen molar-refractivity contribution in [2.24, 2.45) is 0 Å². The number of hydrogen-bond donors (Lipinski definition) is 0. The topological polar surface area (TPSA) is 6.48 Å². The van der Waals surface area contributed by atoms with Gasteiger partial charge in [-0.05, 0) is 143 Å². The molecule has 13 aromatic carbocycles. The Morgan fingerprint density at radius 2 is 0.571 bits per heavy atom. The van der Waals surface area contributed by atoms with Crippen molar-refractivity contribution < 1.29 is 0 Å². The van der Waals surface area contributed by atoms with E-state index in [0.29, 0.717) is 0 Å². The van der Waals surface area contributed by atoms with Crippen LogP contribution in [-0.2, 0) is 0 Å². The second-order valence-corrected chi connectivity index (χ2v) is 18.0. The smallest absolute Gasteiger partial charge is 0.0540 e.